The summed E-state index contributed by atoms with van der Waals surface area (Å²) >= 11 is 0. The van der Waals surface area contributed by atoms with E-state index in [9.17, 15) is 0 Å². The highest BCUT2D eigenvalue weighted by molar-refractivity contribution is 5.78. The van der Waals surface area contributed by atoms with Crippen LogP contribution >= 0.6 is 0 Å². The van der Waals surface area contributed by atoms with Crippen LogP contribution in [0.2, 0.25) is 0 Å². The van der Waals surface area contributed by atoms with Crippen LogP contribution in [0.5, 0.6) is 0 Å². The molecule has 2 aromatic heterocycles. The van der Waals surface area contributed by atoms with Gasteiger partial charge in [0.05, 0.1) is 17.1 Å². The van der Waals surface area contributed by atoms with Crippen LogP contribution in [-0.2, 0) is 16.0 Å². The number of nitrogens with zero attached hydrogens (tertiary/aromatic N) is 2. The first-order valence-electron chi connectivity index (χ1n) is 7.48. The normalized spacial score (nSPS) is 13.3. The molecule has 0 aliphatic rings. The molecule has 0 N–H and O–H groups in total. The zero-order valence-corrected chi connectivity index (χ0v) is 13.1. The second-order valence-corrected chi connectivity index (χ2v) is 5.05. The molecule has 2 heterocycles. The fourth-order valence-corrected chi connectivity index (χ4v) is 2.31. The van der Waals surface area contributed by atoms with E-state index in [0.717, 1.165) is 42.8 Å². The molecule has 0 spiro atoms. The summed E-state index contributed by atoms with van der Waals surface area (Å²) in [7, 11) is 1.73. The Balaban J connectivity index is 2.13. The number of aryl methyl sites for hydroxylation is 1. The monoisotopic (exact) mass is 288 g/mol. The lowest BCUT2D eigenvalue weighted by molar-refractivity contribution is 0.110. The molecule has 0 saturated heterocycles. The summed E-state index contributed by atoms with van der Waals surface area (Å²) in [5.41, 5.74) is 3.29. The number of rotatable bonds is 8. The van der Waals surface area contributed by atoms with Crippen molar-refractivity contribution in [3.63, 3.8) is 0 Å². The molecule has 0 amide bonds. The third-order valence-corrected chi connectivity index (χ3v) is 3.38. The molecular formula is C17H24N2O2. The Hall–Kier alpha value is -1.65. The molecule has 0 aliphatic carbocycles. The molecule has 4 heteroatoms. The molecule has 0 aliphatic heterocycles. The molecule has 0 radical (unpaired) electrons. The van der Waals surface area contributed by atoms with Crippen LogP contribution in [-0.4, -0.2) is 36.0 Å². The van der Waals surface area contributed by atoms with Crippen LogP contribution in [0.4, 0.5) is 0 Å². The standard InChI is InChI=1S/C17H24N2O2/c1-4-21-14(2)6-7-15-12-17-16(18-13-15)8-10-19(17)9-5-11-20-3/h6-8,10,12-14H,4-5,9,11H2,1-3H3. The van der Waals surface area contributed by atoms with E-state index in [1.165, 1.54) is 0 Å². The Labute approximate surface area is 126 Å². The summed E-state index contributed by atoms with van der Waals surface area (Å²) in [6, 6.07) is 4.22. The van der Waals surface area contributed by atoms with Crippen LogP contribution < -0.4 is 0 Å². The van der Waals surface area contributed by atoms with Gasteiger partial charge >= 0.3 is 0 Å². The Morgan fingerprint density at radius 1 is 1.43 bits per heavy atom. The highest BCUT2D eigenvalue weighted by Crippen LogP contribution is 2.16. The second kappa shape index (κ2) is 7.96. The highest BCUT2D eigenvalue weighted by Gasteiger charge is 2.03. The van der Waals surface area contributed by atoms with Crippen LogP contribution in [0.3, 0.4) is 0 Å². The van der Waals surface area contributed by atoms with Crippen molar-refractivity contribution in [2.45, 2.75) is 32.9 Å². The van der Waals surface area contributed by atoms with E-state index in [0.29, 0.717) is 0 Å². The number of ether oxygens (including phenoxy) is 2. The molecule has 1 unspecified atom stereocenters. The lowest BCUT2D eigenvalue weighted by Gasteiger charge is -2.06. The third kappa shape index (κ3) is 4.41. The van der Waals surface area contributed by atoms with Gasteiger partial charge in [0.2, 0.25) is 0 Å². The molecule has 4 nitrogen and oxygen atoms in total. The van der Waals surface area contributed by atoms with Gasteiger partial charge in [-0.05, 0) is 38.0 Å². The maximum atomic E-state index is 5.50. The van der Waals surface area contributed by atoms with Crippen LogP contribution in [0.1, 0.15) is 25.8 Å². The lowest BCUT2D eigenvalue weighted by atomic mass is 10.2. The van der Waals surface area contributed by atoms with Crippen LogP contribution in [0, 0.1) is 0 Å². The first kappa shape index (κ1) is 15.7. The zero-order chi connectivity index (χ0) is 15.1. The maximum Gasteiger partial charge on any atom is 0.0881 e. The predicted molar refractivity (Wildman–Crippen MR) is 86.3 cm³/mol. The van der Waals surface area contributed by atoms with Gasteiger partial charge in [-0.1, -0.05) is 12.2 Å². The summed E-state index contributed by atoms with van der Waals surface area (Å²) in [6.45, 7) is 6.50. The van der Waals surface area contributed by atoms with E-state index in [1.54, 1.807) is 7.11 Å². The molecule has 2 aromatic rings. The van der Waals surface area contributed by atoms with E-state index in [2.05, 4.69) is 40.0 Å². The quantitative estimate of drug-likeness (QED) is 0.697. The van der Waals surface area contributed by atoms with Gasteiger partial charge in [-0.15, -0.1) is 0 Å². The summed E-state index contributed by atoms with van der Waals surface area (Å²) in [6.07, 6.45) is 9.24. The molecule has 0 saturated carbocycles. The fourth-order valence-electron chi connectivity index (χ4n) is 2.31. The van der Waals surface area contributed by atoms with Crippen molar-refractivity contribution in [1.82, 2.24) is 9.55 Å². The minimum Gasteiger partial charge on any atom is -0.385 e. The first-order valence-corrected chi connectivity index (χ1v) is 7.48. The van der Waals surface area contributed by atoms with Crippen molar-refractivity contribution in [2.24, 2.45) is 0 Å². The van der Waals surface area contributed by atoms with Gasteiger partial charge in [0.1, 0.15) is 0 Å². The van der Waals surface area contributed by atoms with E-state index < -0.39 is 0 Å². The molecule has 0 fully saturated rings. The summed E-state index contributed by atoms with van der Waals surface area (Å²) in [5.74, 6) is 0. The van der Waals surface area contributed by atoms with Gasteiger partial charge in [-0.2, -0.15) is 0 Å². The van der Waals surface area contributed by atoms with Crippen molar-refractivity contribution >= 4 is 17.1 Å². The van der Waals surface area contributed by atoms with E-state index in [-0.39, 0.29) is 6.10 Å². The molecule has 0 aromatic carbocycles. The molecule has 2 rings (SSSR count). The fraction of sp³-hybridized carbons (Fsp3) is 0.471. The average molecular weight is 288 g/mol. The number of methoxy groups -OCH3 is 1. The summed E-state index contributed by atoms with van der Waals surface area (Å²) in [4.78, 5) is 4.51. The lowest BCUT2D eigenvalue weighted by Crippen LogP contribution is -2.03. The number of hydrogen-bond acceptors (Lipinski definition) is 3. The van der Waals surface area contributed by atoms with Crippen molar-refractivity contribution in [1.29, 1.82) is 0 Å². The number of pyridine rings is 1. The summed E-state index contributed by atoms with van der Waals surface area (Å²) in [5, 5.41) is 0. The second-order valence-electron chi connectivity index (χ2n) is 5.05. The predicted octanol–water partition coefficient (Wildman–Crippen LogP) is 3.51. The molecule has 1 atom stereocenters. The van der Waals surface area contributed by atoms with Crippen molar-refractivity contribution in [3.8, 4) is 0 Å². The van der Waals surface area contributed by atoms with Gasteiger partial charge < -0.3 is 14.0 Å². The van der Waals surface area contributed by atoms with Gasteiger partial charge in [-0.3, -0.25) is 4.98 Å². The first-order chi connectivity index (χ1) is 10.2. The Morgan fingerprint density at radius 3 is 3.05 bits per heavy atom. The molecule has 0 bridgehead atoms. The Bertz CT molecular complexity index is 589. The van der Waals surface area contributed by atoms with Gasteiger partial charge in [0.15, 0.2) is 0 Å². The van der Waals surface area contributed by atoms with E-state index in [4.69, 9.17) is 9.47 Å². The van der Waals surface area contributed by atoms with Gasteiger partial charge in [0, 0.05) is 39.3 Å². The number of fused-ring (bicyclic) bond motifs is 1. The van der Waals surface area contributed by atoms with Crippen LogP contribution in [0.15, 0.2) is 30.6 Å². The van der Waals surface area contributed by atoms with Crippen molar-refractivity contribution < 1.29 is 9.47 Å². The van der Waals surface area contributed by atoms with Crippen LogP contribution in [0.25, 0.3) is 17.1 Å². The summed E-state index contributed by atoms with van der Waals surface area (Å²) < 4.78 is 12.8. The third-order valence-electron chi connectivity index (χ3n) is 3.38. The zero-order valence-electron chi connectivity index (χ0n) is 13.1. The highest BCUT2D eigenvalue weighted by atomic mass is 16.5. The average Bonchev–Trinajstić information content (AvgIpc) is 2.88. The van der Waals surface area contributed by atoms with Crippen molar-refractivity contribution in [3.05, 3.63) is 36.2 Å². The Morgan fingerprint density at radius 2 is 2.29 bits per heavy atom. The maximum absolute atomic E-state index is 5.50. The number of aromatic nitrogens is 2. The minimum absolute atomic E-state index is 0.124. The largest absolute Gasteiger partial charge is 0.385 e. The van der Waals surface area contributed by atoms with Gasteiger partial charge in [0.25, 0.3) is 0 Å². The molecule has 114 valence electrons. The van der Waals surface area contributed by atoms with E-state index >= 15 is 0 Å². The van der Waals surface area contributed by atoms with Gasteiger partial charge in [-0.25, -0.2) is 0 Å². The van der Waals surface area contributed by atoms with E-state index in [1.807, 2.05) is 20.0 Å². The number of hydrogen-bond donors (Lipinski definition) is 0. The van der Waals surface area contributed by atoms with Crippen molar-refractivity contribution in [2.75, 3.05) is 20.3 Å². The smallest absolute Gasteiger partial charge is 0.0881 e. The Kier molecular flexibility index (Phi) is 5.96. The molecule has 21 heavy (non-hydrogen) atoms. The topological polar surface area (TPSA) is 36.3 Å². The minimum atomic E-state index is 0.124. The molecular weight excluding hydrogens is 264 g/mol. The SMILES string of the molecule is CCOC(C)C=Cc1cnc2ccn(CCCOC)c2c1.